The molecule has 0 fully saturated rings. The molecule has 0 heterocycles. The normalized spacial score (nSPS) is 6.67. The minimum absolute atomic E-state index is 0. The fraction of sp³-hybridized carbons (Fsp3) is 1.00. The molecule has 0 N–H and O–H groups in total. The van der Waals surface area contributed by atoms with Crippen LogP contribution in [0.3, 0.4) is 0 Å². The molecule has 0 aromatic rings. The molecule has 0 aliphatic heterocycles. The molecule has 0 bridgehead atoms. The van der Waals surface area contributed by atoms with Crippen LogP contribution in [0, 0.1) is 0 Å². The van der Waals surface area contributed by atoms with E-state index in [0.717, 1.165) is 13.0 Å². The predicted octanol–water partition coefficient (Wildman–Crippen LogP) is 1.30. The fourth-order valence-corrected chi connectivity index (χ4v) is 0.421. The Kier molecular flexibility index (Phi) is 15.7. The monoisotopic (exact) mass is 143 g/mol. The topological polar surface area (TPSA) is 9.23 Å². The van der Waals surface area contributed by atoms with Gasteiger partial charge in [-0.05, 0) is 0 Å². The van der Waals surface area contributed by atoms with E-state index in [1.807, 2.05) is 0 Å². The molecular formula is C3H8ClOTi. The zero-order valence-electron chi connectivity index (χ0n) is 3.73. The Morgan fingerprint density at radius 1 is 1.67 bits per heavy atom. The SMILES string of the molecule is CCC[O][Ti].Cl. The van der Waals surface area contributed by atoms with Crippen LogP contribution >= 0.6 is 12.4 Å². The third-order valence-electron chi connectivity index (χ3n) is 0.306. The first-order chi connectivity index (χ1) is 2.41. The van der Waals surface area contributed by atoms with Gasteiger partial charge in [0.05, 0.1) is 0 Å². The van der Waals surface area contributed by atoms with Crippen molar-refractivity contribution in [3.05, 3.63) is 0 Å². The molecule has 0 amide bonds. The molecule has 0 rings (SSSR count). The van der Waals surface area contributed by atoms with Crippen LogP contribution < -0.4 is 0 Å². The zero-order chi connectivity index (χ0) is 4.12. The van der Waals surface area contributed by atoms with Crippen LogP contribution in [0.25, 0.3) is 0 Å². The standard InChI is InChI=1S/C3H7O.ClH.Ti/c1-2-3-4;;/h2-3H2,1H3;1H;/q-1;;+1. The zero-order valence-corrected chi connectivity index (χ0v) is 6.11. The molecular weight excluding hydrogens is 135 g/mol. The molecule has 0 unspecified atom stereocenters. The van der Waals surface area contributed by atoms with Gasteiger partial charge in [0.15, 0.2) is 0 Å². The summed E-state index contributed by atoms with van der Waals surface area (Å²) in [6.45, 7) is 2.98. The minimum Gasteiger partial charge on any atom is -0.147 e. The van der Waals surface area contributed by atoms with Gasteiger partial charge in [0.2, 0.25) is 0 Å². The van der Waals surface area contributed by atoms with E-state index in [0.29, 0.717) is 0 Å². The van der Waals surface area contributed by atoms with Gasteiger partial charge in [-0.1, -0.05) is 0 Å². The molecule has 0 saturated heterocycles. The Morgan fingerprint density at radius 2 is 2.17 bits per heavy atom. The Bertz CT molecular complexity index is 18.3. The molecule has 0 saturated carbocycles. The molecule has 0 aromatic carbocycles. The van der Waals surface area contributed by atoms with Crippen molar-refractivity contribution < 1.29 is 24.1 Å². The number of hydrogen-bond donors (Lipinski definition) is 0. The van der Waals surface area contributed by atoms with Crippen molar-refractivity contribution in [2.45, 2.75) is 13.3 Å². The second kappa shape index (κ2) is 9.35. The van der Waals surface area contributed by atoms with E-state index in [4.69, 9.17) is 3.32 Å². The summed E-state index contributed by atoms with van der Waals surface area (Å²) in [6.07, 6.45) is 1.12. The smallest absolute Gasteiger partial charge is 0.147 e. The van der Waals surface area contributed by atoms with Gasteiger partial charge in [-0.3, -0.25) is 0 Å². The first-order valence-corrected chi connectivity index (χ1v) is 2.34. The van der Waals surface area contributed by atoms with Gasteiger partial charge < -0.3 is 0 Å². The summed E-state index contributed by atoms with van der Waals surface area (Å²) in [7, 11) is 0. The van der Waals surface area contributed by atoms with Gasteiger partial charge in [-0.25, -0.2) is 0 Å². The summed E-state index contributed by atoms with van der Waals surface area (Å²) >= 11 is 1.71. The summed E-state index contributed by atoms with van der Waals surface area (Å²) in [5.41, 5.74) is 0. The van der Waals surface area contributed by atoms with Crippen molar-refractivity contribution in [2.75, 3.05) is 6.61 Å². The van der Waals surface area contributed by atoms with E-state index in [1.54, 1.807) is 20.8 Å². The Morgan fingerprint density at radius 3 is 2.17 bits per heavy atom. The maximum absolute atomic E-state index is 4.69. The maximum Gasteiger partial charge on any atom is -0.147 e. The number of halogens is 1. The molecule has 37 valence electrons. The van der Waals surface area contributed by atoms with Gasteiger partial charge in [-0.15, -0.1) is 12.4 Å². The Balaban J connectivity index is 0. The van der Waals surface area contributed by atoms with Crippen LogP contribution in [0.15, 0.2) is 0 Å². The molecule has 6 heavy (non-hydrogen) atoms. The van der Waals surface area contributed by atoms with Crippen molar-refractivity contribution in [3.8, 4) is 0 Å². The largest absolute Gasteiger partial charge is 0.147 e. The maximum atomic E-state index is 4.69. The van der Waals surface area contributed by atoms with E-state index in [9.17, 15) is 0 Å². The molecule has 1 nitrogen and oxygen atoms in total. The van der Waals surface area contributed by atoms with Gasteiger partial charge in [-0.2, -0.15) is 0 Å². The third kappa shape index (κ3) is 8.88. The van der Waals surface area contributed by atoms with Crippen molar-refractivity contribution in [2.24, 2.45) is 0 Å². The van der Waals surface area contributed by atoms with E-state index in [-0.39, 0.29) is 12.4 Å². The Labute approximate surface area is 56.7 Å². The summed E-state index contributed by atoms with van der Waals surface area (Å²) in [4.78, 5) is 0. The average molecular weight is 143 g/mol. The molecule has 3 heteroatoms. The molecule has 0 radical (unpaired) electrons. The fourth-order valence-electron chi connectivity index (χ4n) is 0.102. The summed E-state index contributed by atoms with van der Waals surface area (Å²) in [5, 5.41) is 0. The van der Waals surface area contributed by atoms with Crippen molar-refractivity contribution in [3.63, 3.8) is 0 Å². The summed E-state index contributed by atoms with van der Waals surface area (Å²) in [6, 6.07) is 0. The van der Waals surface area contributed by atoms with Gasteiger partial charge >= 0.3 is 44.1 Å². The van der Waals surface area contributed by atoms with Gasteiger partial charge in [0, 0.05) is 0 Å². The van der Waals surface area contributed by atoms with Crippen LogP contribution in [-0.4, -0.2) is 6.61 Å². The van der Waals surface area contributed by atoms with Crippen LogP contribution in [0.5, 0.6) is 0 Å². The van der Waals surface area contributed by atoms with Crippen molar-refractivity contribution in [1.82, 2.24) is 0 Å². The van der Waals surface area contributed by atoms with Crippen LogP contribution in [0.4, 0.5) is 0 Å². The van der Waals surface area contributed by atoms with Crippen LogP contribution in [0.2, 0.25) is 0 Å². The van der Waals surface area contributed by atoms with E-state index in [2.05, 4.69) is 6.92 Å². The molecule has 0 aliphatic carbocycles. The Hall–Kier alpha value is 0.964. The van der Waals surface area contributed by atoms with Gasteiger partial charge in [0.1, 0.15) is 0 Å². The van der Waals surface area contributed by atoms with E-state index in [1.165, 1.54) is 0 Å². The quantitative estimate of drug-likeness (QED) is 0.530. The summed E-state index contributed by atoms with van der Waals surface area (Å²) in [5.74, 6) is 0. The third-order valence-corrected chi connectivity index (χ3v) is 0.625. The second-order valence-electron chi connectivity index (χ2n) is 0.848. The molecule has 0 aliphatic rings. The first kappa shape index (κ1) is 10.1. The molecule has 0 aromatic heterocycles. The minimum atomic E-state index is 0. The predicted molar refractivity (Wildman–Crippen MR) is 23.5 cm³/mol. The average Bonchev–Trinajstić information content (AvgIpc) is 1.41. The van der Waals surface area contributed by atoms with Crippen molar-refractivity contribution in [1.29, 1.82) is 0 Å². The van der Waals surface area contributed by atoms with E-state index >= 15 is 0 Å². The summed E-state index contributed by atoms with van der Waals surface area (Å²) < 4.78 is 4.69. The van der Waals surface area contributed by atoms with Gasteiger partial charge in [0.25, 0.3) is 0 Å². The molecule has 0 spiro atoms. The van der Waals surface area contributed by atoms with Crippen LogP contribution in [-0.2, 0) is 24.1 Å². The number of rotatable bonds is 2. The number of hydrogen-bond acceptors (Lipinski definition) is 1. The van der Waals surface area contributed by atoms with Crippen LogP contribution in [0.1, 0.15) is 13.3 Å². The molecule has 0 atom stereocenters. The first-order valence-electron chi connectivity index (χ1n) is 1.70. The second-order valence-corrected chi connectivity index (χ2v) is 1.30. The van der Waals surface area contributed by atoms with E-state index < -0.39 is 0 Å². The van der Waals surface area contributed by atoms with Crippen molar-refractivity contribution >= 4 is 12.4 Å².